The first-order valence-corrected chi connectivity index (χ1v) is 4.81. The van der Waals surface area contributed by atoms with E-state index in [0.29, 0.717) is 0 Å². The third-order valence-corrected chi connectivity index (χ3v) is 2.61. The van der Waals surface area contributed by atoms with Crippen molar-refractivity contribution in [2.75, 3.05) is 0 Å². The molecule has 0 nitrogen and oxygen atoms in total. The van der Waals surface area contributed by atoms with E-state index in [-0.39, 0.29) is 19.5 Å². The number of fused-ring (bicyclic) bond motifs is 2. The van der Waals surface area contributed by atoms with Crippen molar-refractivity contribution in [3.63, 3.8) is 0 Å². The van der Waals surface area contributed by atoms with E-state index in [2.05, 4.69) is 60.7 Å². The van der Waals surface area contributed by atoms with E-state index in [0.717, 1.165) is 0 Å². The minimum atomic E-state index is 0. The number of hydrogen-bond acceptors (Lipinski definition) is 0. The molecule has 0 atom stereocenters. The van der Waals surface area contributed by atoms with Gasteiger partial charge in [-0.2, -0.15) is 0 Å². The van der Waals surface area contributed by atoms with Crippen LogP contribution < -0.4 is 0 Å². The second kappa shape index (κ2) is 4.12. The van der Waals surface area contributed by atoms with Crippen LogP contribution in [0.25, 0.3) is 21.5 Å². The Labute approximate surface area is 102 Å². The zero-order valence-corrected chi connectivity index (χ0v) is 11.4. The summed E-state index contributed by atoms with van der Waals surface area (Å²) in [6.45, 7) is 0. The normalized spacial score (nSPS) is 10.1. The van der Waals surface area contributed by atoms with Crippen LogP contribution in [-0.2, 0) is 19.5 Å². The van der Waals surface area contributed by atoms with Crippen molar-refractivity contribution < 1.29 is 19.5 Å². The standard InChI is InChI=1S/C14H10.Zn/c1-2-6-12-10-14-8-4-3-7-13(14)9-11(12)5-1;/h1-10H;. The zero-order chi connectivity index (χ0) is 9.38. The van der Waals surface area contributed by atoms with E-state index in [1.54, 1.807) is 0 Å². The van der Waals surface area contributed by atoms with Crippen LogP contribution in [0, 0.1) is 0 Å². The van der Waals surface area contributed by atoms with Crippen molar-refractivity contribution >= 4 is 21.5 Å². The Hall–Kier alpha value is -1.20. The Morgan fingerprint density at radius 2 is 0.733 bits per heavy atom. The molecule has 0 radical (unpaired) electrons. The molecular weight excluding hydrogens is 234 g/mol. The molecule has 0 spiro atoms. The quantitative estimate of drug-likeness (QED) is 0.414. The van der Waals surface area contributed by atoms with Crippen molar-refractivity contribution in [2.24, 2.45) is 0 Å². The van der Waals surface area contributed by atoms with Gasteiger partial charge in [0.25, 0.3) is 0 Å². The Balaban J connectivity index is 0.000000853. The maximum atomic E-state index is 2.24. The maximum absolute atomic E-state index is 2.24. The summed E-state index contributed by atoms with van der Waals surface area (Å²) in [7, 11) is 0. The van der Waals surface area contributed by atoms with Gasteiger partial charge in [0.15, 0.2) is 0 Å². The van der Waals surface area contributed by atoms with Gasteiger partial charge < -0.3 is 0 Å². The van der Waals surface area contributed by atoms with Crippen LogP contribution in [-0.4, -0.2) is 0 Å². The van der Waals surface area contributed by atoms with Gasteiger partial charge in [0, 0.05) is 19.5 Å². The van der Waals surface area contributed by atoms with Gasteiger partial charge in [0.2, 0.25) is 0 Å². The fourth-order valence-electron chi connectivity index (χ4n) is 1.88. The molecule has 0 aromatic heterocycles. The second-order valence-electron chi connectivity index (χ2n) is 3.55. The van der Waals surface area contributed by atoms with Crippen LogP contribution in [0.4, 0.5) is 0 Å². The molecule has 68 valence electrons. The molecule has 3 aromatic rings. The number of benzene rings is 3. The summed E-state index contributed by atoms with van der Waals surface area (Å²) < 4.78 is 0. The minimum absolute atomic E-state index is 0. The molecule has 0 saturated heterocycles. The van der Waals surface area contributed by atoms with Crippen LogP contribution in [0.2, 0.25) is 0 Å². The van der Waals surface area contributed by atoms with Gasteiger partial charge >= 0.3 is 0 Å². The summed E-state index contributed by atoms with van der Waals surface area (Å²) >= 11 is 0. The summed E-state index contributed by atoms with van der Waals surface area (Å²) in [5.41, 5.74) is 0. The molecule has 0 aliphatic carbocycles. The first-order valence-electron chi connectivity index (χ1n) is 4.81. The van der Waals surface area contributed by atoms with E-state index in [1.807, 2.05) is 0 Å². The van der Waals surface area contributed by atoms with Crippen molar-refractivity contribution in [1.82, 2.24) is 0 Å². The van der Waals surface area contributed by atoms with Crippen molar-refractivity contribution in [1.29, 1.82) is 0 Å². The van der Waals surface area contributed by atoms with Crippen LogP contribution >= 0.6 is 0 Å². The van der Waals surface area contributed by atoms with E-state index in [9.17, 15) is 0 Å². The summed E-state index contributed by atoms with van der Waals surface area (Å²) in [5.74, 6) is 0. The van der Waals surface area contributed by atoms with Gasteiger partial charge in [-0.05, 0) is 33.7 Å². The monoisotopic (exact) mass is 242 g/mol. The predicted molar refractivity (Wildman–Crippen MR) is 61.5 cm³/mol. The summed E-state index contributed by atoms with van der Waals surface area (Å²) in [4.78, 5) is 0. The molecule has 15 heavy (non-hydrogen) atoms. The average Bonchev–Trinajstić information content (AvgIpc) is 2.26. The van der Waals surface area contributed by atoms with Gasteiger partial charge in [-0.3, -0.25) is 0 Å². The second-order valence-corrected chi connectivity index (χ2v) is 3.55. The maximum Gasteiger partial charge on any atom is 0 e. The van der Waals surface area contributed by atoms with Crippen LogP contribution in [0.5, 0.6) is 0 Å². The third-order valence-electron chi connectivity index (χ3n) is 2.61. The van der Waals surface area contributed by atoms with E-state index in [1.165, 1.54) is 21.5 Å². The number of hydrogen-bond donors (Lipinski definition) is 0. The van der Waals surface area contributed by atoms with Gasteiger partial charge in [0.05, 0.1) is 0 Å². The summed E-state index contributed by atoms with van der Waals surface area (Å²) in [5, 5.41) is 5.25. The minimum Gasteiger partial charge on any atom is -0.0616 e. The van der Waals surface area contributed by atoms with E-state index >= 15 is 0 Å². The Morgan fingerprint density at radius 3 is 1.00 bits per heavy atom. The Morgan fingerprint density at radius 1 is 0.467 bits per heavy atom. The Bertz CT molecular complexity index is 494. The van der Waals surface area contributed by atoms with Gasteiger partial charge in [-0.1, -0.05) is 48.5 Å². The molecule has 0 saturated carbocycles. The number of rotatable bonds is 0. The third kappa shape index (κ3) is 1.80. The predicted octanol–water partition coefficient (Wildman–Crippen LogP) is 3.99. The fraction of sp³-hybridized carbons (Fsp3) is 0. The molecule has 0 N–H and O–H groups in total. The molecule has 1 heteroatoms. The average molecular weight is 244 g/mol. The molecule has 0 unspecified atom stereocenters. The fourth-order valence-corrected chi connectivity index (χ4v) is 1.88. The van der Waals surface area contributed by atoms with Gasteiger partial charge in [0.1, 0.15) is 0 Å². The van der Waals surface area contributed by atoms with E-state index in [4.69, 9.17) is 0 Å². The molecule has 0 amide bonds. The largest absolute Gasteiger partial charge is 0.0616 e. The van der Waals surface area contributed by atoms with Crippen molar-refractivity contribution in [2.45, 2.75) is 0 Å². The molecule has 0 aliphatic heterocycles. The molecule has 3 rings (SSSR count). The summed E-state index contributed by atoms with van der Waals surface area (Å²) in [6.07, 6.45) is 0. The van der Waals surface area contributed by atoms with E-state index < -0.39 is 0 Å². The van der Waals surface area contributed by atoms with Crippen LogP contribution in [0.3, 0.4) is 0 Å². The summed E-state index contributed by atoms with van der Waals surface area (Å²) in [6, 6.07) is 21.4. The van der Waals surface area contributed by atoms with Crippen molar-refractivity contribution in [3.8, 4) is 0 Å². The van der Waals surface area contributed by atoms with Gasteiger partial charge in [-0.15, -0.1) is 0 Å². The SMILES string of the molecule is [Zn].c1ccc2cc3ccccc3cc2c1. The van der Waals surface area contributed by atoms with Crippen molar-refractivity contribution in [3.05, 3.63) is 60.7 Å². The zero-order valence-electron chi connectivity index (χ0n) is 8.48. The molecular formula is C14H10Zn. The van der Waals surface area contributed by atoms with Crippen LogP contribution in [0.15, 0.2) is 60.7 Å². The molecule has 0 aliphatic rings. The molecule has 0 heterocycles. The topological polar surface area (TPSA) is 0 Å². The molecule has 0 fully saturated rings. The Kier molecular flexibility index (Phi) is 2.84. The first kappa shape index (κ1) is 10.3. The smallest absolute Gasteiger partial charge is 0 e. The molecule has 3 aromatic carbocycles. The van der Waals surface area contributed by atoms with Gasteiger partial charge in [-0.25, -0.2) is 0 Å². The first-order chi connectivity index (χ1) is 6.93. The van der Waals surface area contributed by atoms with Crippen LogP contribution in [0.1, 0.15) is 0 Å². The molecule has 0 bridgehead atoms.